The van der Waals surface area contributed by atoms with Gasteiger partial charge in [-0.1, -0.05) is 19.1 Å². The number of rotatable bonds is 7. The first-order chi connectivity index (χ1) is 10.9. The molecule has 0 spiro atoms. The zero-order chi connectivity index (χ0) is 17.0. The Hall–Kier alpha value is -2.37. The summed E-state index contributed by atoms with van der Waals surface area (Å²) in [5, 5.41) is 14.4. The Morgan fingerprint density at radius 2 is 2.04 bits per heavy atom. The van der Waals surface area contributed by atoms with E-state index in [1.807, 2.05) is 19.9 Å². The standard InChI is InChI=1S/C17H22N2O4/c1-3-10(2)19-15(20)12-6-4-5-11(7-12)9-18-16(21)13-8-14(13)17(22)23/h4-7,10,13-14H,3,8-9H2,1-2H3,(H,18,21)(H,19,20)(H,22,23). The third-order valence-corrected chi connectivity index (χ3v) is 4.09. The molecule has 1 aromatic rings. The van der Waals surface area contributed by atoms with Crippen LogP contribution in [0.1, 0.15) is 42.6 Å². The topological polar surface area (TPSA) is 95.5 Å². The highest BCUT2D eigenvalue weighted by atomic mass is 16.4. The molecule has 0 radical (unpaired) electrons. The molecule has 3 N–H and O–H groups in total. The number of aliphatic carboxylic acids is 1. The Kier molecular flexibility index (Phi) is 5.36. The smallest absolute Gasteiger partial charge is 0.307 e. The lowest BCUT2D eigenvalue weighted by Gasteiger charge is -2.12. The molecular weight excluding hydrogens is 296 g/mol. The third kappa shape index (κ3) is 4.55. The van der Waals surface area contributed by atoms with Crippen molar-refractivity contribution >= 4 is 17.8 Å². The number of nitrogens with one attached hydrogen (secondary N) is 2. The number of carbonyl (C=O) groups is 3. The second-order valence-corrected chi connectivity index (χ2v) is 5.99. The fourth-order valence-corrected chi connectivity index (χ4v) is 2.31. The minimum absolute atomic E-state index is 0.105. The van der Waals surface area contributed by atoms with Gasteiger partial charge in [-0.25, -0.2) is 0 Å². The van der Waals surface area contributed by atoms with Gasteiger partial charge in [0, 0.05) is 18.2 Å². The highest BCUT2D eigenvalue weighted by molar-refractivity contribution is 5.94. The van der Waals surface area contributed by atoms with Gasteiger partial charge < -0.3 is 15.7 Å². The lowest BCUT2D eigenvalue weighted by atomic mass is 10.1. The Morgan fingerprint density at radius 1 is 1.30 bits per heavy atom. The average Bonchev–Trinajstić information content (AvgIpc) is 3.33. The van der Waals surface area contributed by atoms with Gasteiger partial charge in [-0.3, -0.25) is 14.4 Å². The molecule has 1 fully saturated rings. The predicted octanol–water partition coefficient (Wildman–Crippen LogP) is 1.55. The fourth-order valence-electron chi connectivity index (χ4n) is 2.31. The molecule has 0 aromatic heterocycles. The lowest BCUT2D eigenvalue weighted by Crippen LogP contribution is -2.32. The van der Waals surface area contributed by atoms with Crippen molar-refractivity contribution in [1.29, 1.82) is 0 Å². The van der Waals surface area contributed by atoms with Crippen LogP contribution in [0.25, 0.3) is 0 Å². The van der Waals surface area contributed by atoms with Gasteiger partial charge in [0.1, 0.15) is 0 Å². The van der Waals surface area contributed by atoms with Crippen molar-refractivity contribution in [2.45, 2.75) is 39.3 Å². The van der Waals surface area contributed by atoms with Crippen LogP contribution in [0.5, 0.6) is 0 Å². The van der Waals surface area contributed by atoms with Crippen molar-refractivity contribution in [2.75, 3.05) is 0 Å². The van der Waals surface area contributed by atoms with Gasteiger partial charge in [-0.15, -0.1) is 0 Å². The molecule has 1 saturated carbocycles. The van der Waals surface area contributed by atoms with Crippen LogP contribution in [0.15, 0.2) is 24.3 Å². The first-order valence-electron chi connectivity index (χ1n) is 7.82. The molecule has 0 heterocycles. The van der Waals surface area contributed by atoms with Gasteiger partial charge in [-0.2, -0.15) is 0 Å². The van der Waals surface area contributed by atoms with Crippen LogP contribution in [0.4, 0.5) is 0 Å². The number of hydrogen-bond acceptors (Lipinski definition) is 3. The molecule has 6 nitrogen and oxygen atoms in total. The number of carbonyl (C=O) groups excluding carboxylic acids is 2. The summed E-state index contributed by atoms with van der Waals surface area (Å²) in [6.07, 6.45) is 1.26. The molecule has 3 unspecified atom stereocenters. The minimum Gasteiger partial charge on any atom is -0.481 e. The molecule has 1 aliphatic carbocycles. The highest BCUT2D eigenvalue weighted by Gasteiger charge is 2.48. The Labute approximate surface area is 135 Å². The lowest BCUT2D eigenvalue weighted by molar-refractivity contribution is -0.140. The van der Waals surface area contributed by atoms with Gasteiger partial charge in [0.05, 0.1) is 11.8 Å². The van der Waals surface area contributed by atoms with Gasteiger partial charge in [-0.05, 0) is 37.5 Å². The molecule has 124 valence electrons. The maximum absolute atomic E-state index is 12.1. The van der Waals surface area contributed by atoms with Crippen LogP contribution in [0.2, 0.25) is 0 Å². The number of hydrogen-bond donors (Lipinski definition) is 3. The van der Waals surface area contributed by atoms with E-state index in [4.69, 9.17) is 5.11 Å². The number of amides is 2. The molecule has 2 rings (SSSR count). The fraction of sp³-hybridized carbons (Fsp3) is 0.471. The van der Waals surface area contributed by atoms with E-state index in [0.717, 1.165) is 12.0 Å². The van der Waals surface area contributed by atoms with E-state index in [0.29, 0.717) is 12.0 Å². The first-order valence-corrected chi connectivity index (χ1v) is 7.82. The number of benzene rings is 1. The quantitative estimate of drug-likeness (QED) is 0.711. The van der Waals surface area contributed by atoms with E-state index < -0.39 is 17.8 Å². The van der Waals surface area contributed by atoms with E-state index in [-0.39, 0.29) is 24.4 Å². The maximum atomic E-state index is 12.1. The molecule has 1 aromatic carbocycles. The van der Waals surface area contributed by atoms with Crippen molar-refractivity contribution in [3.05, 3.63) is 35.4 Å². The molecule has 23 heavy (non-hydrogen) atoms. The van der Waals surface area contributed by atoms with E-state index in [1.54, 1.807) is 18.2 Å². The van der Waals surface area contributed by atoms with Crippen molar-refractivity contribution in [1.82, 2.24) is 10.6 Å². The molecule has 0 aliphatic heterocycles. The second-order valence-electron chi connectivity index (χ2n) is 5.99. The monoisotopic (exact) mass is 318 g/mol. The van der Waals surface area contributed by atoms with Crippen LogP contribution >= 0.6 is 0 Å². The Morgan fingerprint density at radius 3 is 2.65 bits per heavy atom. The summed E-state index contributed by atoms with van der Waals surface area (Å²) in [5.41, 5.74) is 1.36. The average molecular weight is 318 g/mol. The molecule has 2 amide bonds. The minimum atomic E-state index is -0.922. The Bertz CT molecular complexity index is 614. The summed E-state index contributed by atoms with van der Waals surface area (Å²) in [6, 6.07) is 7.16. The summed E-state index contributed by atoms with van der Waals surface area (Å²) in [5.74, 6) is -2.28. The molecule has 1 aliphatic rings. The molecule has 0 bridgehead atoms. The summed E-state index contributed by atoms with van der Waals surface area (Å²) in [7, 11) is 0. The summed E-state index contributed by atoms with van der Waals surface area (Å²) in [4.78, 5) is 34.7. The van der Waals surface area contributed by atoms with Crippen molar-refractivity contribution in [2.24, 2.45) is 11.8 Å². The summed E-state index contributed by atoms with van der Waals surface area (Å²) in [6.45, 7) is 4.22. The van der Waals surface area contributed by atoms with E-state index in [2.05, 4.69) is 10.6 Å². The van der Waals surface area contributed by atoms with E-state index in [1.165, 1.54) is 0 Å². The highest BCUT2D eigenvalue weighted by Crippen LogP contribution is 2.38. The van der Waals surface area contributed by atoms with Crippen LogP contribution in [0, 0.1) is 11.8 Å². The van der Waals surface area contributed by atoms with Crippen molar-refractivity contribution in [3.8, 4) is 0 Å². The van der Waals surface area contributed by atoms with E-state index in [9.17, 15) is 14.4 Å². The third-order valence-electron chi connectivity index (χ3n) is 4.09. The van der Waals surface area contributed by atoms with Gasteiger partial charge in [0.2, 0.25) is 5.91 Å². The largest absolute Gasteiger partial charge is 0.481 e. The van der Waals surface area contributed by atoms with Crippen LogP contribution in [0.3, 0.4) is 0 Å². The first kappa shape index (κ1) is 17.0. The SMILES string of the molecule is CCC(C)NC(=O)c1cccc(CNC(=O)C2CC2C(=O)O)c1. The predicted molar refractivity (Wildman–Crippen MR) is 84.7 cm³/mol. The van der Waals surface area contributed by atoms with Crippen molar-refractivity contribution in [3.63, 3.8) is 0 Å². The van der Waals surface area contributed by atoms with Gasteiger partial charge in [0.15, 0.2) is 0 Å². The van der Waals surface area contributed by atoms with Crippen LogP contribution in [-0.4, -0.2) is 28.9 Å². The number of carboxylic acid groups (broad SMARTS) is 1. The summed E-state index contributed by atoms with van der Waals surface area (Å²) >= 11 is 0. The van der Waals surface area contributed by atoms with Crippen LogP contribution in [-0.2, 0) is 16.1 Å². The summed E-state index contributed by atoms with van der Waals surface area (Å²) < 4.78 is 0. The maximum Gasteiger partial charge on any atom is 0.307 e. The van der Waals surface area contributed by atoms with E-state index >= 15 is 0 Å². The molecule has 6 heteroatoms. The molecule has 3 atom stereocenters. The van der Waals surface area contributed by atoms with Gasteiger partial charge in [0.25, 0.3) is 5.91 Å². The second kappa shape index (κ2) is 7.26. The molecule has 0 saturated heterocycles. The normalized spacial score (nSPS) is 20.4. The number of carboxylic acids is 1. The van der Waals surface area contributed by atoms with Crippen LogP contribution < -0.4 is 10.6 Å². The molecular formula is C17H22N2O4. The van der Waals surface area contributed by atoms with Gasteiger partial charge >= 0.3 is 5.97 Å². The zero-order valence-corrected chi connectivity index (χ0v) is 13.3. The Balaban J connectivity index is 1.89. The zero-order valence-electron chi connectivity index (χ0n) is 13.3. The van der Waals surface area contributed by atoms with Crippen molar-refractivity contribution < 1.29 is 19.5 Å².